The normalized spacial score (nSPS) is 11.7. The lowest BCUT2D eigenvalue weighted by molar-refractivity contribution is 0.506. The van der Waals surface area contributed by atoms with Crippen molar-refractivity contribution in [1.82, 2.24) is 10.6 Å². The Kier molecular flexibility index (Phi) is 9.34. The number of hydrogen-bond donors (Lipinski definition) is 3. The Balaban J connectivity index is 0.00000320. The maximum absolute atomic E-state index is 11.4. The van der Waals surface area contributed by atoms with E-state index in [-0.39, 0.29) is 28.9 Å². The maximum atomic E-state index is 11.4. The maximum Gasteiger partial charge on any atom is 0.238 e. The number of thiophene rings is 1. The molecular formula is C20H25IN4O3S2. The van der Waals surface area contributed by atoms with E-state index in [1.54, 1.807) is 29.7 Å². The van der Waals surface area contributed by atoms with Crippen LogP contribution in [0.5, 0.6) is 0 Å². The number of rotatable bonds is 8. The van der Waals surface area contributed by atoms with Gasteiger partial charge in [-0.3, -0.25) is 0 Å². The number of nitrogens with two attached hydrogens (primary N) is 1. The molecule has 0 bridgehead atoms. The van der Waals surface area contributed by atoms with Gasteiger partial charge in [0.25, 0.3) is 0 Å². The summed E-state index contributed by atoms with van der Waals surface area (Å²) in [6, 6.07) is 14.4. The van der Waals surface area contributed by atoms with Crippen molar-refractivity contribution in [2.24, 2.45) is 10.1 Å². The molecule has 0 spiro atoms. The number of hydrogen-bond acceptors (Lipinski definition) is 5. The lowest BCUT2D eigenvalue weighted by Gasteiger charge is -2.12. The summed E-state index contributed by atoms with van der Waals surface area (Å²) in [4.78, 5) is 7.19. The Morgan fingerprint density at radius 1 is 1.13 bits per heavy atom. The van der Waals surface area contributed by atoms with Gasteiger partial charge in [-0.25, -0.2) is 18.5 Å². The summed E-state index contributed by atoms with van der Waals surface area (Å²) < 4.78 is 28.1. The van der Waals surface area contributed by atoms with E-state index in [0.29, 0.717) is 25.6 Å². The van der Waals surface area contributed by atoms with Gasteiger partial charge >= 0.3 is 0 Å². The van der Waals surface area contributed by atoms with Gasteiger partial charge in [-0.2, -0.15) is 0 Å². The van der Waals surface area contributed by atoms with Gasteiger partial charge in [-0.1, -0.05) is 12.1 Å². The molecule has 0 aliphatic carbocycles. The number of primary sulfonamides is 1. The minimum Gasteiger partial charge on any atom is -0.469 e. The molecule has 1 aromatic carbocycles. The molecule has 0 aliphatic rings. The third-order valence-corrected chi connectivity index (χ3v) is 6.07. The molecule has 3 rings (SSSR count). The molecule has 7 nitrogen and oxygen atoms in total. The number of sulfonamides is 1. The van der Waals surface area contributed by atoms with Crippen LogP contribution in [0.2, 0.25) is 0 Å². The zero-order valence-corrected chi connectivity index (χ0v) is 20.5. The van der Waals surface area contributed by atoms with Gasteiger partial charge in [0.1, 0.15) is 5.76 Å². The highest BCUT2D eigenvalue weighted by Crippen LogP contribution is 2.14. The zero-order chi connectivity index (χ0) is 20.7. The molecule has 0 saturated heterocycles. The standard InChI is InChI=1S/C20H24N4O3S2.HI/c1-15-4-7-18(28-15)14-24-20(22-11-10-17-3-2-12-27-17)23-13-16-5-8-19(9-6-16)29(21,25)26;/h2-9,12H,10-11,13-14H2,1H3,(H2,21,25,26)(H2,22,23,24);1H. The SMILES string of the molecule is Cc1ccc(CNC(=NCc2ccc(S(N)(=O)=O)cc2)NCCc2ccco2)s1.I. The van der Waals surface area contributed by atoms with Crippen LogP contribution in [0.1, 0.15) is 21.1 Å². The highest BCUT2D eigenvalue weighted by molar-refractivity contribution is 14.0. The molecule has 0 saturated carbocycles. The first kappa shape index (κ1) is 24.4. The Labute approximate surface area is 197 Å². The number of benzene rings is 1. The molecule has 0 fully saturated rings. The Bertz CT molecular complexity index is 1050. The van der Waals surface area contributed by atoms with E-state index >= 15 is 0 Å². The van der Waals surface area contributed by atoms with Crippen molar-refractivity contribution >= 4 is 51.3 Å². The average Bonchev–Trinajstić information content (AvgIpc) is 3.35. The first-order valence-electron chi connectivity index (χ1n) is 9.12. The van der Waals surface area contributed by atoms with Crippen molar-refractivity contribution in [2.75, 3.05) is 6.54 Å². The van der Waals surface area contributed by atoms with Crippen molar-refractivity contribution < 1.29 is 12.8 Å². The molecule has 30 heavy (non-hydrogen) atoms. The van der Waals surface area contributed by atoms with Crippen molar-refractivity contribution in [2.45, 2.75) is 31.3 Å². The highest BCUT2D eigenvalue weighted by atomic mass is 127. The summed E-state index contributed by atoms with van der Waals surface area (Å²) >= 11 is 1.74. The fourth-order valence-electron chi connectivity index (χ4n) is 2.64. The average molecular weight is 560 g/mol. The van der Waals surface area contributed by atoms with Gasteiger partial charge in [0, 0.05) is 22.7 Å². The van der Waals surface area contributed by atoms with Crippen LogP contribution in [-0.2, 0) is 29.5 Å². The fourth-order valence-corrected chi connectivity index (χ4v) is 3.98. The van der Waals surface area contributed by atoms with Gasteiger partial charge in [0.15, 0.2) is 5.96 Å². The molecule has 162 valence electrons. The van der Waals surface area contributed by atoms with E-state index < -0.39 is 10.0 Å². The number of guanidine groups is 1. The number of nitrogens with one attached hydrogen (secondary N) is 2. The molecule has 0 unspecified atom stereocenters. The van der Waals surface area contributed by atoms with E-state index in [1.165, 1.54) is 21.9 Å². The second kappa shape index (κ2) is 11.5. The highest BCUT2D eigenvalue weighted by Gasteiger charge is 2.07. The summed E-state index contributed by atoms with van der Waals surface area (Å²) in [5.41, 5.74) is 0.886. The van der Waals surface area contributed by atoms with Crippen LogP contribution >= 0.6 is 35.3 Å². The van der Waals surface area contributed by atoms with Crippen molar-refractivity contribution in [3.05, 3.63) is 75.9 Å². The van der Waals surface area contributed by atoms with Crippen molar-refractivity contribution in [3.8, 4) is 0 Å². The smallest absolute Gasteiger partial charge is 0.238 e. The number of furan rings is 1. The second-order valence-corrected chi connectivity index (χ2v) is 9.41. The largest absolute Gasteiger partial charge is 0.469 e. The molecule has 0 radical (unpaired) electrons. The van der Waals surface area contributed by atoms with Gasteiger partial charge in [0.05, 0.1) is 24.2 Å². The second-order valence-electron chi connectivity index (χ2n) is 6.48. The van der Waals surface area contributed by atoms with Gasteiger partial charge in [-0.15, -0.1) is 35.3 Å². The number of halogens is 1. The summed E-state index contributed by atoms with van der Waals surface area (Å²) in [7, 11) is -3.69. The third kappa shape index (κ3) is 7.74. The number of aryl methyl sites for hydroxylation is 1. The van der Waals surface area contributed by atoms with Crippen LogP contribution in [-0.4, -0.2) is 20.9 Å². The van der Waals surface area contributed by atoms with Crippen molar-refractivity contribution in [3.63, 3.8) is 0 Å². The molecule has 3 aromatic rings. The summed E-state index contributed by atoms with van der Waals surface area (Å²) in [5.74, 6) is 1.59. The third-order valence-electron chi connectivity index (χ3n) is 4.14. The van der Waals surface area contributed by atoms with E-state index in [4.69, 9.17) is 9.56 Å². The van der Waals surface area contributed by atoms with Crippen LogP contribution in [0.3, 0.4) is 0 Å². The van der Waals surface area contributed by atoms with Crippen molar-refractivity contribution in [1.29, 1.82) is 0 Å². The summed E-state index contributed by atoms with van der Waals surface area (Å²) in [6.45, 7) is 3.84. The Morgan fingerprint density at radius 3 is 2.50 bits per heavy atom. The van der Waals surface area contributed by atoms with Crippen LogP contribution < -0.4 is 15.8 Å². The fraction of sp³-hybridized carbons (Fsp3) is 0.250. The molecule has 4 N–H and O–H groups in total. The molecule has 2 aromatic heterocycles. The Morgan fingerprint density at radius 2 is 1.90 bits per heavy atom. The van der Waals surface area contributed by atoms with Crippen LogP contribution in [0.4, 0.5) is 0 Å². The molecular weight excluding hydrogens is 535 g/mol. The van der Waals surface area contributed by atoms with E-state index in [1.807, 2.05) is 12.1 Å². The predicted octanol–water partition coefficient (Wildman–Crippen LogP) is 3.39. The molecule has 10 heteroatoms. The minimum atomic E-state index is -3.69. The lowest BCUT2D eigenvalue weighted by Crippen LogP contribution is -2.38. The van der Waals surface area contributed by atoms with Crippen LogP contribution in [0.25, 0.3) is 0 Å². The minimum absolute atomic E-state index is 0. The summed E-state index contributed by atoms with van der Waals surface area (Å²) in [5, 5.41) is 11.8. The Hall–Kier alpha value is -1.89. The number of nitrogens with zero attached hydrogens (tertiary/aromatic N) is 1. The monoisotopic (exact) mass is 560 g/mol. The van der Waals surface area contributed by atoms with Crippen LogP contribution in [0.15, 0.2) is 69.1 Å². The molecule has 0 atom stereocenters. The number of aliphatic imine (C=N–C) groups is 1. The first-order valence-corrected chi connectivity index (χ1v) is 11.5. The lowest BCUT2D eigenvalue weighted by atomic mass is 10.2. The topological polar surface area (TPSA) is 110 Å². The molecule has 0 amide bonds. The van der Waals surface area contributed by atoms with Gasteiger partial charge < -0.3 is 15.1 Å². The van der Waals surface area contributed by atoms with Gasteiger partial charge in [0.2, 0.25) is 10.0 Å². The molecule has 2 heterocycles. The molecule has 0 aliphatic heterocycles. The van der Waals surface area contributed by atoms with Crippen LogP contribution in [0, 0.1) is 6.92 Å². The zero-order valence-electron chi connectivity index (χ0n) is 16.5. The quantitative estimate of drug-likeness (QED) is 0.222. The first-order chi connectivity index (χ1) is 13.9. The predicted molar refractivity (Wildman–Crippen MR) is 131 cm³/mol. The van der Waals surface area contributed by atoms with E-state index in [9.17, 15) is 8.42 Å². The van der Waals surface area contributed by atoms with E-state index in [0.717, 1.165) is 17.7 Å². The van der Waals surface area contributed by atoms with E-state index in [2.05, 4.69) is 34.7 Å². The van der Waals surface area contributed by atoms with Gasteiger partial charge in [-0.05, 0) is 48.9 Å². The summed E-state index contributed by atoms with van der Waals surface area (Å²) in [6.07, 6.45) is 2.40.